The average Bonchev–Trinajstić information content (AvgIpc) is 2.96. The van der Waals surface area contributed by atoms with Gasteiger partial charge in [-0.2, -0.15) is 5.10 Å². The molecule has 0 radical (unpaired) electrons. The topological polar surface area (TPSA) is 83.8 Å². The molecular formula is C12H16N4O2. The number of aryl methyl sites for hydroxylation is 2. The molecule has 0 aromatic carbocycles. The lowest BCUT2D eigenvalue weighted by molar-refractivity contribution is -0.121. The molecule has 2 rings (SSSR count). The number of aromatic nitrogens is 3. The van der Waals surface area contributed by atoms with Crippen LogP contribution >= 0.6 is 0 Å². The van der Waals surface area contributed by atoms with Gasteiger partial charge >= 0.3 is 0 Å². The second-order valence-corrected chi connectivity index (χ2v) is 4.19. The molecule has 0 aliphatic carbocycles. The van der Waals surface area contributed by atoms with Crippen molar-refractivity contribution in [2.45, 2.75) is 33.2 Å². The summed E-state index contributed by atoms with van der Waals surface area (Å²) in [4.78, 5) is 11.7. The molecule has 6 nitrogen and oxygen atoms in total. The van der Waals surface area contributed by atoms with E-state index in [2.05, 4.69) is 20.7 Å². The van der Waals surface area contributed by atoms with Crippen molar-refractivity contribution >= 4 is 5.91 Å². The van der Waals surface area contributed by atoms with Crippen LogP contribution in [0, 0.1) is 13.8 Å². The number of aromatic amines is 1. The Morgan fingerprint density at radius 1 is 1.50 bits per heavy atom. The Bertz CT molecular complexity index is 497. The average molecular weight is 248 g/mol. The largest absolute Gasteiger partial charge is 0.361 e. The van der Waals surface area contributed by atoms with Crippen molar-refractivity contribution in [3.05, 3.63) is 35.0 Å². The first-order valence-corrected chi connectivity index (χ1v) is 5.83. The Hall–Kier alpha value is -2.11. The van der Waals surface area contributed by atoms with E-state index >= 15 is 0 Å². The molecule has 6 heteroatoms. The van der Waals surface area contributed by atoms with Crippen molar-refractivity contribution in [1.29, 1.82) is 0 Å². The molecule has 0 aliphatic rings. The van der Waals surface area contributed by atoms with Gasteiger partial charge in [-0.25, -0.2) is 0 Å². The molecule has 0 bridgehead atoms. The monoisotopic (exact) mass is 248 g/mol. The highest BCUT2D eigenvalue weighted by Gasteiger charge is 2.10. The van der Waals surface area contributed by atoms with Gasteiger partial charge in [-0.3, -0.25) is 9.89 Å². The van der Waals surface area contributed by atoms with Gasteiger partial charge in [-0.15, -0.1) is 0 Å². The van der Waals surface area contributed by atoms with E-state index in [1.807, 2.05) is 13.8 Å². The third kappa shape index (κ3) is 2.97. The highest BCUT2D eigenvalue weighted by molar-refractivity contribution is 5.76. The van der Waals surface area contributed by atoms with Crippen molar-refractivity contribution in [3.63, 3.8) is 0 Å². The summed E-state index contributed by atoms with van der Waals surface area (Å²) in [5.41, 5.74) is 2.84. The lowest BCUT2D eigenvalue weighted by Gasteiger charge is -2.03. The Labute approximate surface area is 105 Å². The molecule has 1 amide bonds. The van der Waals surface area contributed by atoms with Crippen LogP contribution < -0.4 is 5.32 Å². The van der Waals surface area contributed by atoms with E-state index in [-0.39, 0.29) is 5.91 Å². The van der Waals surface area contributed by atoms with Crippen molar-refractivity contribution in [3.8, 4) is 0 Å². The first-order valence-electron chi connectivity index (χ1n) is 5.83. The van der Waals surface area contributed by atoms with Gasteiger partial charge in [0.05, 0.1) is 11.9 Å². The normalized spacial score (nSPS) is 10.6. The molecule has 0 saturated heterocycles. The molecule has 2 aromatic rings. The van der Waals surface area contributed by atoms with E-state index in [1.165, 1.54) is 0 Å². The molecule has 0 fully saturated rings. The van der Waals surface area contributed by atoms with Crippen LogP contribution in [0.15, 0.2) is 16.9 Å². The zero-order valence-corrected chi connectivity index (χ0v) is 10.5. The van der Waals surface area contributed by atoms with E-state index in [1.54, 1.807) is 12.4 Å². The zero-order valence-electron chi connectivity index (χ0n) is 10.5. The maximum atomic E-state index is 11.7. The zero-order chi connectivity index (χ0) is 13.0. The van der Waals surface area contributed by atoms with Crippen LogP contribution in [0.1, 0.15) is 29.0 Å². The molecule has 0 spiro atoms. The summed E-state index contributed by atoms with van der Waals surface area (Å²) in [5.74, 6) is 0.798. The summed E-state index contributed by atoms with van der Waals surface area (Å²) in [6, 6.07) is 0. The fourth-order valence-corrected chi connectivity index (χ4v) is 1.76. The van der Waals surface area contributed by atoms with E-state index in [0.29, 0.717) is 19.4 Å². The highest BCUT2D eigenvalue weighted by Crippen LogP contribution is 2.14. The van der Waals surface area contributed by atoms with E-state index < -0.39 is 0 Å². The van der Waals surface area contributed by atoms with Crippen LogP contribution in [0.4, 0.5) is 0 Å². The summed E-state index contributed by atoms with van der Waals surface area (Å²) in [7, 11) is 0. The summed E-state index contributed by atoms with van der Waals surface area (Å²) in [6.45, 7) is 4.24. The number of hydrogen-bond donors (Lipinski definition) is 2. The van der Waals surface area contributed by atoms with Crippen LogP contribution in [0.3, 0.4) is 0 Å². The predicted octanol–water partition coefficient (Wildman–Crippen LogP) is 1.26. The van der Waals surface area contributed by atoms with Crippen LogP contribution in [-0.2, 0) is 17.8 Å². The highest BCUT2D eigenvalue weighted by atomic mass is 16.5. The van der Waals surface area contributed by atoms with Gasteiger partial charge in [0, 0.05) is 30.3 Å². The van der Waals surface area contributed by atoms with E-state index in [9.17, 15) is 4.79 Å². The van der Waals surface area contributed by atoms with Crippen molar-refractivity contribution < 1.29 is 9.32 Å². The van der Waals surface area contributed by atoms with Gasteiger partial charge in [0.1, 0.15) is 5.76 Å². The second-order valence-electron chi connectivity index (χ2n) is 4.19. The van der Waals surface area contributed by atoms with Crippen LogP contribution in [0.2, 0.25) is 0 Å². The van der Waals surface area contributed by atoms with Gasteiger partial charge in [0.2, 0.25) is 5.91 Å². The van der Waals surface area contributed by atoms with Gasteiger partial charge < -0.3 is 9.84 Å². The third-order valence-corrected chi connectivity index (χ3v) is 2.83. The Kier molecular flexibility index (Phi) is 3.76. The smallest absolute Gasteiger partial charge is 0.220 e. The van der Waals surface area contributed by atoms with Gasteiger partial charge in [0.15, 0.2) is 0 Å². The van der Waals surface area contributed by atoms with Crippen LogP contribution in [0.5, 0.6) is 0 Å². The fraction of sp³-hybridized carbons (Fsp3) is 0.417. The first kappa shape index (κ1) is 12.3. The maximum absolute atomic E-state index is 11.7. The van der Waals surface area contributed by atoms with Crippen molar-refractivity contribution in [2.24, 2.45) is 0 Å². The van der Waals surface area contributed by atoms with Gasteiger partial charge in [-0.05, 0) is 20.3 Å². The number of amides is 1. The fourth-order valence-electron chi connectivity index (χ4n) is 1.76. The number of H-pyrrole nitrogens is 1. The number of hydrogen-bond acceptors (Lipinski definition) is 4. The predicted molar refractivity (Wildman–Crippen MR) is 64.7 cm³/mol. The molecule has 96 valence electrons. The van der Waals surface area contributed by atoms with Gasteiger partial charge in [-0.1, -0.05) is 5.16 Å². The maximum Gasteiger partial charge on any atom is 0.220 e. The Balaban J connectivity index is 1.78. The summed E-state index contributed by atoms with van der Waals surface area (Å²) in [6.07, 6.45) is 4.53. The molecule has 0 aliphatic heterocycles. The van der Waals surface area contributed by atoms with Crippen LogP contribution in [-0.4, -0.2) is 21.3 Å². The Morgan fingerprint density at radius 2 is 2.33 bits per heavy atom. The molecule has 18 heavy (non-hydrogen) atoms. The van der Waals surface area contributed by atoms with Crippen molar-refractivity contribution in [2.75, 3.05) is 0 Å². The standard InChI is InChI=1S/C12H16N4O2/c1-8-11(9(2)18-16-8)3-4-12(17)13-5-10-6-14-15-7-10/h6-7H,3-5H2,1-2H3,(H,13,17)(H,14,15). The number of nitrogens with one attached hydrogen (secondary N) is 2. The molecule has 0 unspecified atom stereocenters. The number of nitrogens with zero attached hydrogens (tertiary/aromatic N) is 2. The SMILES string of the molecule is Cc1noc(C)c1CCC(=O)NCc1cn[nH]c1. The van der Waals surface area contributed by atoms with Crippen LogP contribution in [0.25, 0.3) is 0 Å². The molecule has 2 N–H and O–H groups in total. The lowest BCUT2D eigenvalue weighted by atomic mass is 10.1. The molecule has 0 atom stereocenters. The summed E-state index contributed by atoms with van der Waals surface area (Å²) >= 11 is 0. The molecule has 0 saturated carbocycles. The quantitative estimate of drug-likeness (QED) is 0.834. The molecule has 2 heterocycles. The third-order valence-electron chi connectivity index (χ3n) is 2.83. The Morgan fingerprint density at radius 3 is 2.94 bits per heavy atom. The lowest BCUT2D eigenvalue weighted by Crippen LogP contribution is -2.22. The number of carbonyl (C=O) groups excluding carboxylic acids is 1. The first-order chi connectivity index (χ1) is 8.66. The van der Waals surface area contributed by atoms with E-state index in [0.717, 1.165) is 22.6 Å². The number of rotatable bonds is 5. The minimum absolute atomic E-state index is 0.0104. The van der Waals surface area contributed by atoms with Crippen molar-refractivity contribution in [1.82, 2.24) is 20.7 Å². The van der Waals surface area contributed by atoms with Gasteiger partial charge in [0.25, 0.3) is 0 Å². The molecular weight excluding hydrogens is 232 g/mol. The molecule has 2 aromatic heterocycles. The van der Waals surface area contributed by atoms with E-state index in [4.69, 9.17) is 4.52 Å². The minimum Gasteiger partial charge on any atom is -0.361 e. The minimum atomic E-state index is 0.0104. The second kappa shape index (κ2) is 5.48. The number of carbonyl (C=O) groups is 1. The summed E-state index contributed by atoms with van der Waals surface area (Å²) < 4.78 is 5.05. The summed E-state index contributed by atoms with van der Waals surface area (Å²) in [5, 5.41) is 13.2.